The summed E-state index contributed by atoms with van der Waals surface area (Å²) < 4.78 is 0. The fraction of sp³-hybridized carbons (Fsp3) is 0.846. The Hall–Kier alpha value is -1.06. The van der Waals surface area contributed by atoms with Crippen molar-refractivity contribution in [3.05, 3.63) is 0 Å². The molecular formula is C13H23NO3. The Morgan fingerprint density at radius 2 is 1.76 bits per heavy atom. The SMILES string of the molecule is CC(C)(CC(=O)O)C(=O)N[C@H]1CC[C@H](C)CC1. The van der Waals surface area contributed by atoms with E-state index in [1.165, 1.54) is 0 Å². The number of carbonyl (C=O) groups excluding carboxylic acids is 1. The molecule has 0 radical (unpaired) electrons. The van der Waals surface area contributed by atoms with Crippen LogP contribution in [0.5, 0.6) is 0 Å². The molecule has 0 saturated heterocycles. The molecular weight excluding hydrogens is 218 g/mol. The quantitative estimate of drug-likeness (QED) is 0.792. The van der Waals surface area contributed by atoms with Crippen LogP contribution in [0, 0.1) is 11.3 Å². The van der Waals surface area contributed by atoms with Gasteiger partial charge in [0.25, 0.3) is 0 Å². The van der Waals surface area contributed by atoms with E-state index in [4.69, 9.17) is 5.11 Å². The minimum atomic E-state index is -0.928. The molecule has 0 spiro atoms. The van der Waals surface area contributed by atoms with Crippen LogP contribution in [0.15, 0.2) is 0 Å². The van der Waals surface area contributed by atoms with E-state index < -0.39 is 11.4 Å². The molecule has 2 N–H and O–H groups in total. The maximum atomic E-state index is 12.0. The molecule has 0 aliphatic heterocycles. The van der Waals surface area contributed by atoms with Crippen molar-refractivity contribution in [3.63, 3.8) is 0 Å². The van der Waals surface area contributed by atoms with Crippen molar-refractivity contribution in [2.24, 2.45) is 11.3 Å². The number of hydrogen-bond acceptors (Lipinski definition) is 2. The summed E-state index contributed by atoms with van der Waals surface area (Å²) in [6, 6.07) is 0.228. The number of hydrogen-bond donors (Lipinski definition) is 2. The van der Waals surface area contributed by atoms with Gasteiger partial charge in [-0.05, 0) is 31.6 Å². The molecule has 4 nitrogen and oxygen atoms in total. The summed E-state index contributed by atoms with van der Waals surface area (Å²) in [5.41, 5.74) is -0.825. The first-order valence-corrected chi connectivity index (χ1v) is 6.34. The normalized spacial score (nSPS) is 25.4. The Balaban J connectivity index is 2.45. The summed E-state index contributed by atoms with van der Waals surface area (Å²) in [6.45, 7) is 5.59. The first-order chi connectivity index (χ1) is 7.81. The Morgan fingerprint density at radius 1 is 1.24 bits per heavy atom. The third kappa shape index (κ3) is 4.36. The Labute approximate surface area is 103 Å². The van der Waals surface area contributed by atoms with Gasteiger partial charge in [0, 0.05) is 6.04 Å². The molecule has 0 atom stereocenters. The monoisotopic (exact) mass is 241 g/mol. The first kappa shape index (κ1) is 14.0. The van der Waals surface area contributed by atoms with E-state index >= 15 is 0 Å². The van der Waals surface area contributed by atoms with E-state index in [0.717, 1.165) is 31.6 Å². The second kappa shape index (κ2) is 5.52. The lowest BCUT2D eigenvalue weighted by molar-refractivity contribution is -0.144. The van der Waals surface area contributed by atoms with Crippen LogP contribution in [-0.2, 0) is 9.59 Å². The van der Waals surface area contributed by atoms with Gasteiger partial charge in [-0.25, -0.2) is 0 Å². The minimum absolute atomic E-state index is 0.123. The van der Waals surface area contributed by atoms with E-state index in [0.29, 0.717) is 0 Å². The highest BCUT2D eigenvalue weighted by Gasteiger charge is 2.32. The minimum Gasteiger partial charge on any atom is -0.481 e. The summed E-state index contributed by atoms with van der Waals surface area (Å²) in [5, 5.41) is 11.7. The average molecular weight is 241 g/mol. The van der Waals surface area contributed by atoms with Gasteiger partial charge in [-0.3, -0.25) is 9.59 Å². The lowest BCUT2D eigenvalue weighted by Crippen LogP contribution is -2.45. The standard InChI is InChI=1S/C13H23NO3/c1-9-4-6-10(7-5-9)14-12(17)13(2,3)8-11(15)16/h9-10H,4-8H2,1-3H3,(H,14,17)(H,15,16)/t9-,10-. The highest BCUT2D eigenvalue weighted by molar-refractivity contribution is 5.86. The molecule has 1 aliphatic carbocycles. The van der Waals surface area contributed by atoms with Crippen molar-refractivity contribution in [3.8, 4) is 0 Å². The zero-order valence-corrected chi connectivity index (χ0v) is 11.0. The highest BCUT2D eigenvalue weighted by Crippen LogP contribution is 2.26. The van der Waals surface area contributed by atoms with Crippen molar-refractivity contribution in [1.29, 1.82) is 0 Å². The number of rotatable bonds is 4. The lowest BCUT2D eigenvalue weighted by Gasteiger charge is -2.30. The van der Waals surface area contributed by atoms with E-state index in [1.54, 1.807) is 13.8 Å². The number of aliphatic carboxylic acids is 1. The highest BCUT2D eigenvalue weighted by atomic mass is 16.4. The third-order valence-corrected chi connectivity index (χ3v) is 3.56. The van der Waals surface area contributed by atoms with Crippen LogP contribution < -0.4 is 5.32 Å². The lowest BCUT2D eigenvalue weighted by atomic mass is 9.84. The van der Waals surface area contributed by atoms with E-state index in [9.17, 15) is 9.59 Å². The van der Waals surface area contributed by atoms with Gasteiger partial charge >= 0.3 is 5.97 Å². The maximum absolute atomic E-state index is 12.0. The van der Waals surface area contributed by atoms with Crippen molar-refractivity contribution in [2.45, 2.75) is 58.9 Å². The zero-order valence-electron chi connectivity index (χ0n) is 11.0. The van der Waals surface area contributed by atoms with E-state index in [2.05, 4.69) is 12.2 Å². The van der Waals surface area contributed by atoms with Crippen molar-refractivity contribution >= 4 is 11.9 Å². The van der Waals surface area contributed by atoms with Gasteiger partial charge in [-0.1, -0.05) is 20.8 Å². The second-order valence-electron chi connectivity index (χ2n) is 5.88. The number of carboxylic acids is 1. The molecule has 0 aromatic carbocycles. The molecule has 0 bridgehead atoms. The van der Waals surface area contributed by atoms with Crippen LogP contribution in [0.3, 0.4) is 0 Å². The molecule has 17 heavy (non-hydrogen) atoms. The number of nitrogens with one attached hydrogen (secondary N) is 1. The fourth-order valence-corrected chi connectivity index (χ4v) is 2.24. The topological polar surface area (TPSA) is 66.4 Å². The van der Waals surface area contributed by atoms with Gasteiger partial charge in [0.15, 0.2) is 0 Å². The summed E-state index contributed by atoms with van der Waals surface area (Å²) >= 11 is 0. The van der Waals surface area contributed by atoms with Crippen LogP contribution >= 0.6 is 0 Å². The van der Waals surface area contributed by atoms with E-state index in [1.807, 2.05) is 0 Å². The summed E-state index contributed by atoms with van der Waals surface area (Å²) in [5.74, 6) is -0.322. The van der Waals surface area contributed by atoms with Crippen molar-refractivity contribution in [1.82, 2.24) is 5.32 Å². The maximum Gasteiger partial charge on any atom is 0.304 e. The van der Waals surface area contributed by atoms with Gasteiger partial charge in [-0.2, -0.15) is 0 Å². The van der Waals surface area contributed by atoms with Crippen LogP contribution in [0.1, 0.15) is 52.9 Å². The summed E-state index contributed by atoms with van der Waals surface area (Å²) in [7, 11) is 0. The fourth-order valence-electron chi connectivity index (χ4n) is 2.24. The van der Waals surface area contributed by atoms with Gasteiger partial charge < -0.3 is 10.4 Å². The number of amides is 1. The molecule has 1 saturated carbocycles. The van der Waals surface area contributed by atoms with Crippen LogP contribution in [-0.4, -0.2) is 23.0 Å². The van der Waals surface area contributed by atoms with Crippen LogP contribution in [0.2, 0.25) is 0 Å². The molecule has 1 fully saturated rings. The smallest absolute Gasteiger partial charge is 0.304 e. The van der Waals surface area contributed by atoms with Gasteiger partial charge in [0.1, 0.15) is 0 Å². The molecule has 0 aromatic rings. The van der Waals surface area contributed by atoms with Crippen molar-refractivity contribution in [2.75, 3.05) is 0 Å². The Bertz CT molecular complexity index is 291. The average Bonchev–Trinajstić information content (AvgIpc) is 2.19. The first-order valence-electron chi connectivity index (χ1n) is 6.34. The molecule has 4 heteroatoms. The molecule has 0 heterocycles. The molecule has 1 amide bonds. The van der Waals surface area contributed by atoms with Crippen LogP contribution in [0.4, 0.5) is 0 Å². The Morgan fingerprint density at radius 3 is 2.24 bits per heavy atom. The van der Waals surface area contributed by atoms with Gasteiger partial charge in [-0.15, -0.1) is 0 Å². The molecule has 1 rings (SSSR count). The largest absolute Gasteiger partial charge is 0.481 e. The van der Waals surface area contributed by atoms with Crippen molar-refractivity contribution < 1.29 is 14.7 Å². The second-order valence-corrected chi connectivity index (χ2v) is 5.88. The van der Waals surface area contributed by atoms with Gasteiger partial charge in [0.05, 0.1) is 11.8 Å². The molecule has 0 aromatic heterocycles. The van der Waals surface area contributed by atoms with Gasteiger partial charge in [0.2, 0.25) is 5.91 Å². The predicted molar refractivity (Wildman–Crippen MR) is 65.6 cm³/mol. The summed E-state index contributed by atoms with van der Waals surface area (Å²) in [6.07, 6.45) is 4.18. The number of carboxylic acid groups (broad SMARTS) is 1. The third-order valence-electron chi connectivity index (χ3n) is 3.56. The summed E-state index contributed by atoms with van der Waals surface area (Å²) in [4.78, 5) is 22.7. The molecule has 0 unspecified atom stereocenters. The number of carbonyl (C=O) groups is 2. The molecule has 1 aliphatic rings. The predicted octanol–water partition coefficient (Wildman–Crippen LogP) is 2.18. The Kier molecular flexibility index (Phi) is 4.54. The van der Waals surface area contributed by atoms with E-state index in [-0.39, 0.29) is 18.4 Å². The molecule has 98 valence electrons. The zero-order chi connectivity index (χ0) is 13.1. The van der Waals surface area contributed by atoms with Crippen LogP contribution in [0.25, 0.3) is 0 Å².